The summed E-state index contributed by atoms with van der Waals surface area (Å²) in [7, 11) is 0. The van der Waals surface area contributed by atoms with E-state index in [0.29, 0.717) is 30.2 Å². The van der Waals surface area contributed by atoms with Crippen LogP contribution < -0.4 is 16.4 Å². The number of hydrogen-bond donors (Lipinski definition) is 4. The SMILES string of the molecule is Nc1nccc(S)c1C1=N\C=C\NCCC2(CC/N=C\1)COCCN2. The Morgan fingerprint density at radius 2 is 2.20 bits per heavy atom. The van der Waals surface area contributed by atoms with Gasteiger partial charge in [-0.3, -0.25) is 9.98 Å². The summed E-state index contributed by atoms with van der Waals surface area (Å²) in [6, 6.07) is 1.79. The van der Waals surface area contributed by atoms with Crippen LogP contribution >= 0.6 is 12.6 Å². The Kier molecular flexibility index (Phi) is 6.06. The molecule has 0 amide bonds. The Morgan fingerprint density at radius 3 is 3.00 bits per heavy atom. The van der Waals surface area contributed by atoms with Gasteiger partial charge in [-0.2, -0.15) is 0 Å². The molecule has 3 heterocycles. The molecule has 0 radical (unpaired) electrons. The zero-order valence-electron chi connectivity index (χ0n) is 14.1. The van der Waals surface area contributed by atoms with Crippen molar-refractivity contribution in [2.45, 2.75) is 23.3 Å². The first-order valence-electron chi connectivity index (χ1n) is 8.43. The van der Waals surface area contributed by atoms with Gasteiger partial charge in [0.05, 0.1) is 24.5 Å². The summed E-state index contributed by atoms with van der Waals surface area (Å²) in [5.74, 6) is 0.393. The minimum absolute atomic E-state index is 0.0328. The van der Waals surface area contributed by atoms with E-state index < -0.39 is 0 Å². The van der Waals surface area contributed by atoms with Crippen LogP contribution in [0.4, 0.5) is 5.82 Å². The van der Waals surface area contributed by atoms with E-state index in [0.717, 1.165) is 37.4 Å². The summed E-state index contributed by atoms with van der Waals surface area (Å²) < 4.78 is 5.69. The number of aliphatic imine (C=N–C) groups is 2. The lowest BCUT2D eigenvalue weighted by Crippen LogP contribution is -2.55. The smallest absolute Gasteiger partial charge is 0.133 e. The number of anilines is 1. The largest absolute Gasteiger partial charge is 0.390 e. The molecule has 8 heteroatoms. The van der Waals surface area contributed by atoms with Gasteiger partial charge in [0.15, 0.2) is 0 Å². The molecule has 0 aromatic carbocycles. The molecule has 25 heavy (non-hydrogen) atoms. The number of morpholine rings is 1. The van der Waals surface area contributed by atoms with Crippen LogP contribution in [0.5, 0.6) is 0 Å². The van der Waals surface area contributed by atoms with E-state index >= 15 is 0 Å². The molecule has 1 saturated heterocycles. The second-order valence-corrected chi connectivity index (χ2v) is 6.65. The van der Waals surface area contributed by atoms with E-state index in [4.69, 9.17) is 10.5 Å². The Morgan fingerprint density at radius 1 is 1.28 bits per heavy atom. The van der Waals surface area contributed by atoms with E-state index in [-0.39, 0.29) is 5.54 Å². The van der Waals surface area contributed by atoms with Crippen LogP contribution in [0.25, 0.3) is 0 Å². The van der Waals surface area contributed by atoms with Crippen LogP contribution in [-0.4, -0.2) is 55.3 Å². The molecule has 134 valence electrons. The van der Waals surface area contributed by atoms with Gasteiger partial charge in [-0.1, -0.05) is 0 Å². The molecule has 0 bridgehead atoms. The number of nitrogens with zero attached hydrogens (tertiary/aromatic N) is 3. The molecule has 1 spiro atoms. The fourth-order valence-electron chi connectivity index (χ4n) is 3.04. The number of ether oxygens (including phenoxy) is 1. The number of nitrogens with two attached hydrogens (primary N) is 1. The maximum absolute atomic E-state index is 6.01. The third-order valence-electron chi connectivity index (χ3n) is 4.43. The van der Waals surface area contributed by atoms with Crippen molar-refractivity contribution in [2.24, 2.45) is 9.98 Å². The normalized spacial score (nSPS) is 29.6. The lowest BCUT2D eigenvalue weighted by atomic mass is 9.91. The minimum Gasteiger partial charge on any atom is -0.390 e. The molecular weight excluding hydrogens is 336 g/mol. The van der Waals surface area contributed by atoms with Gasteiger partial charge in [0.1, 0.15) is 5.82 Å². The number of thiol groups is 1. The molecule has 1 aromatic rings. The van der Waals surface area contributed by atoms with Gasteiger partial charge in [-0.15, -0.1) is 12.6 Å². The summed E-state index contributed by atoms with van der Waals surface area (Å²) in [6.07, 6.45) is 8.79. The van der Waals surface area contributed by atoms with Crippen LogP contribution in [0.3, 0.4) is 0 Å². The maximum atomic E-state index is 6.01. The highest BCUT2D eigenvalue weighted by molar-refractivity contribution is 7.80. The Bertz CT molecular complexity index is 661. The molecule has 1 fully saturated rings. The average molecular weight is 360 g/mol. The van der Waals surface area contributed by atoms with Crippen LogP contribution in [0.15, 0.2) is 39.5 Å². The zero-order chi connectivity index (χ0) is 17.5. The molecular formula is C17H24N6OS. The first-order valence-corrected chi connectivity index (χ1v) is 8.88. The van der Waals surface area contributed by atoms with Gasteiger partial charge in [-0.25, -0.2) is 4.98 Å². The van der Waals surface area contributed by atoms with Crippen LogP contribution in [0.2, 0.25) is 0 Å². The molecule has 1 atom stereocenters. The van der Waals surface area contributed by atoms with Crippen molar-refractivity contribution in [3.8, 4) is 0 Å². The van der Waals surface area contributed by atoms with E-state index in [9.17, 15) is 0 Å². The van der Waals surface area contributed by atoms with Gasteiger partial charge < -0.3 is 21.1 Å². The number of pyridine rings is 1. The predicted octanol–water partition coefficient (Wildman–Crippen LogP) is 1.03. The van der Waals surface area contributed by atoms with E-state index in [1.54, 1.807) is 24.7 Å². The third-order valence-corrected chi connectivity index (χ3v) is 4.80. The predicted molar refractivity (Wildman–Crippen MR) is 104 cm³/mol. The number of hydrogen-bond acceptors (Lipinski definition) is 8. The zero-order valence-corrected chi connectivity index (χ0v) is 15.0. The molecule has 3 rings (SSSR count). The molecule has 1 unspecified atom stereocenters. The van der Waals surface area contributed by atoms with Crippen LogP contribution in [-0.2, 0) is 4.74 Å². The lowest BCUT2D eigenvalue weighted by molar-refractivity contribution is 0.0206. The fraction of sp³-hybridized carbons (Fsp3) is 0.471. The first-order chi connectivity index (χ1) is 12.2. The fourth-order valence-corrected chi connectivity index (χ4v) is 3.34. The summed E-state index contributed by atoms with van der Waals surface area (Å²) in [5, 5.41) is 6.89. The molecule has 2 aliphatic heterocycles. The quantitative estimate of drug-likeness (QED) is 0.561. The van der Waals surface area contributed by atoms with Crippen molar-refractivity contribution < 1.29 is 4.74 Å². The standard InChI is InChI=1S/C17H24N6OS/c18-16-15(14(25)1-4-22-16)13-11-20-6-3-17(12-24-10-9-23-17)2-5-19-7-8-21-13/h1,4,7-8,11,19,23H,2-3,5-6,9-10,12H2,(H3,18,22,25)/b8-7+,20-11-,21-13-. The summed E-state index contributed by atoms with van der Waals surface area (Å²) in [6.45, 7) is 3.88. The summed E-state index contributed by atoms with van der Waals surface area (Å²) in [4.78, 5) is 13.9. The lowest BCUT2D eigenvalue weighted by Gasteiger charge is -2.38. The highest BCUT2D eigenvalue weighted by Crippen LogP contribution is 2.20. The van der Waals surface area contributed by atoms with E-state index in [1.165, 1.54) is 0 Å². The van der Waals surface area contributed by atoms with Crippen molar-refractivity contribution in [1.82, 2.24) is 15.6 Å². The molecule has 1 aromatic heterocycles. The Hall–Kier alpha value is -1.90. The highest BCUT2D eigenvalue weighted by atomic mass is 32.1. The summed E-state index contributed by atoms with van der Waals surface area (Å²) >= 11 is 4.48. The highest BCUT2D eigenvalue weighted by Gasteiger charge is 2.31. The van der Waals surface area contributed by atoms with Crippen molar-refractivity contribution >= 4 is 30.4 Å². The van der Waals surface area contributed by atoms with Crippen LogP contribution in [0, 0.1) is 0 Å². The number of aromatic nitrogens is 1. The number of nitrogen functional groups attached to an aromatic ring is 1. The van der Waals surface area contributed by atoms with E-state index in [2.05, 4.69) is 38.2 Å². The maximum Gasteiger partial charge on any atom is 0.133 e. The molecule has 7 nitrogen and oxygen atoms in total. The number of nitrogens with one attached hydrogen (secondary N) is 2. The second-order valence-electron chi connectivity index (χ2n) is 6.17. The molecule has 0 aliphatic carbocycles. The average Bonchev–Trinajstić information content (AvgIpc) is 2.60. The minimum atomic E-state index is -0.0328. The molecule has 2 aliphatic rings. The van der Waals surface area contributed by atoms with Crippen molar-refractivity contribution in [1.29, 1.82) is 0 Å². The topological polar surface area (TPSA) is 96.9 Å². The van der Waals surface area contributed by atoms with Gasteiger partial charge in [-0.05, 0) is 18.9 Å². The first kappa shape index (κ1) is 17.9. The van der Waals surface area contributed by atoms with Crippen molar-refractivity contribution in [3.63, 3.8) is 0 Å². The Balaban J connectivity index is 1.83. The van der Waals surface area contributed by atoms with E-state index in [1.807, 2.05) is 6.20 Å². The molecule has 4 N–H and O–H groups in total. The Labute approximate surface area is 153 Å². The van der Waals surface area contributed by atoms with Gasteiger partial charge >= 0.3 is 0 Å². The van der Waals surface area contributed by atoms with Crippen LogP contribution in [0.1, 0.15) is 18.4 Å². The third kappa shape index (κ3) is 4.59. The van der Waals surface area contributed by atoms with Gasteiger partial charge in [0.25, 0.3) is 0 Å². The van der Waals surface area contributed by atoms with Gasteiger partial charge in [0.2, 0.25) is 0 Å². The summed E-state index contributed by atoms with van der Waals surface area (Å²) in [5.41, 5.74) is 7.33. The van der Waals surface area contributed by atoms with Crippen molar-refractivity contribution in [3.05, 3.63) is 30.2 Å². The van der Waals surface area contributed by atoms with Gasteiger partial charge in [0, 0.05) is 54.9 Å². The van der Waals surface area contributed by atoms with Crippen molar-refractivity contribution in [2.75, 3.05) is 38.6 Å². The monoisotopic (exact) mass is 360 g/mol. The molecule has 0 saturated carbocycles. The number of rotatable bonds is 1. The second kappa shape index (κ2) is 8.46.